The van der Waals surface area contributed by atoms with E-state index in [0.29, 0.717) is 5.82 Å². The van der Waals surface area contributed by atoms with Crippen molar-refractivity contribution in [3.63, 3.8) is 0 Å². The monoisotopic (exact) mass is 706 g/mol. The Bertz CT molecular complexity index is 3200. The highest BCUT2D eigenvalue weighted by molar-refractivity contribution is 7.21. The van der Waals surface area contributed by atoms with E-state index in [4.69, 9.17) is 15.0 Å². The number of rotatable bonds is 5. The second-order valence-electron chi connectivity index (χ2n) is 13.6. The fourth-order valence-electron chi connectivity index (χ4n) is 7.85. The van der Waals surface area contributed by atoms with Crippen LogP contribution in [0.5, 0.6) is 0 Å². The lowest BCUT2D eigenvalue weighted by Crippen LogP contribution is -1.97. The number of thiazole rings is 1. The van der Waals surface area contributed by atoms with Crippen molar-refractivity contribution in [2.24, 2.45) is 0 Å². The van der Waals surface area contributed by atoms with Gasteiger partial charge in [0.15, 0.2) is 5.82 Å². The molecule has 252 valence electrons. The third-order valence-electron chi connectivity index (χ3n) is 10.4. The minimum Gasteiger partial charge on any atom is -0.309 e. The van der Waals surface area contributed by atoms with Crippen molar-refractivity contribution in [1.29, 1.82) is 0 Å². The molecule has 0 unspecified atom stereocenters. The predicted octanol–water partition coefficient (Wildman–Crippen LogP) is 13.2. The quantitative estimate of drug-likeness (QED) is 0.167. The maximum atomic E-state index is 5.29. The molecule has 54 heavy (non-hydrogen) atoms. The molecule has 11 rings (SSSR count). The van der Waals surface area contributed by atoms with Crippen LogP contribution < -0.4 is 0 Å². The largest absolute Gasteiger partial charge is 0.309 e. The summed E-state index contributed by atoms with van der Waals surface area (Å²) in [6, 6.07) is 64.3. The first kappa shape index (κ1) is 30.7. The van der Waals surface area contributed by atoms with Gasteiger partial charge in [-0.25, -0.2) is 15.0 Å². The zero-order valence-electron chi connectivity index (χ0n) is 29.0. The van der Waals surface area contributed by atoms with Gasteiger partial charge in [0.25, 0.3) is 0 Å². The van der Waals surface area contributed by atoms with Crippen molar-refractivity contribution in [2.45, 2.75) is 0 Å². The Labute approximate surface area is 315 Å². The Morgan fingerprint density at radius 1 is 0.407 bits per heavy atom. The van der Waals surface area contributed by atoms with Crippen molar-refractivity contribution in [3.05, 3.63) is 182 Å². The maximum Gasteiger partial charge on any atom is 0.160 e. The molecule has 3 aromatic heterocycles. The molecular formula is C49H30N4S. The summed E-state index contributed by atoms with van der Waals surface area (Å²) >= 11 is 1.74. The third-order valence-corrected chi connectivity index (χ3v) is 11.5. The van der Waals surface area contributed by atoms with Crippen LogP contribution in [0.4, 0.5) is 0 Å². The van der Waals surface area contributed by atoms with Gasteiger partial charge >= 0.3 is 0 Å². The summed E-state index contributed by atoms with van der Waals surface area (Å²) in [6.07, 6.45) is 0. The number of hydrogen-bond acceptors (Lipinski definition) is 4. The van der Waals surface area contributed by atoms with Crippen LogP contribution in [-0.2, 0) is 0 Å². The van der Waals surface area contributed by atoms with Crippen LogP contribution in [0, 0.1) is 0 Å². The number of nitrogens with zero attached hydrogens (tertiary/aromatic N) is 4. The standard InChI is InChI=1S/C49H30N4S/c1-4-12-31(13-5-1)41-30-42(35-22-26-40-39-18-10-11-19-43(39)53(44(40)29-35)37-16-8-3-9-17-37)51-48(50-41)36-23-25-38-34(28-36)21-20-32-24-27-45-47(46(32)38)52-49(54-45)33-14-6-2-7-15-33/h1-30H. The van der Waals surface area contributed by atoms with Gasteiger partial charge < -0.3 is 4.57 Å². The van der Waals surface area contributed by atoms with Gasteiger partial charge in [0.05, 0.1) is 32.6 Å². The number of benzene rings is 8. The summed E-state index contributed by atoms with van der Waals surface area (Å²) in [5.41, 5.74) is 10.5. The summed E-state index contributed by atoms with van der Waals surface area (Å²) in [7, 11) is 0. The van der Waals surface area contributed by atoms with Crippen LogP contribution in [0.15, 0.2) is 182 Å². The number of para-hydroxylation sites is 2. The normalized spacial score (nSPS) is 11.7. The lowest BCUT2D eigenvalue weighted by molar-refractivity contribution is 1.17. The molecule has 11 aromatic rings. The van der Waals surface area contributed by atoms with E-state index in [1.54, 1.807) is 11.3 Å². The third kappa shape index (κ3) is 5.01. The Balaban J connectivity index is 1.09. The van der Waals surface area contributed by atoms with Gasteiger partial charge in [-0.2, -0.15) is 0 Å². The zero-order valence-corrected chi connectivity index (χ0v) is 29.8. The second-order valence-corrected chi connectivity index (χ2v) is 14.7. The van der Waals surface area contributed by atoms with Crippen molar-refractivity contribution < 1.29 is 0 Å². The predicted molar refractivity (Wildman–Crippen MR) is 226 cm³/mol. The van der Waals surface area contributed by atoms with Crippen molar-refractivity contribution in [3.8, 4) is 50.2 Å². The molecular weight excluding hydrogens is 677 g/mol. The fourth-order valence-corrected chi connectivity index (χ4v) is 8.83. The molecule has 0 saturated carbocycles. The molecule has 0 N–H and O–H groups in total. The lowest BCUT2D eigenvalue weighted by atomic mass is 9.99. The summed E-state index contributed by atoms with van der Waals surface area (Å²) in [5, 5.41) is 8.13. The average molecular weight is 707 g/mol. The molecule has 3 heterocycles. The Kier molecular flexibility index (Phi) is 7.00. The van der Waals surface area contributed by atoms with E-state index in [1.165, 1.54) is 37.1 Å². The molecule has 0 saturated heterocycles. The number of aromatic nitrogens is 4. The minimum absolute atomic E-state index is 0.690. The summed E-state index contributed by atoms with van der Waals surface area (Å²) in [5.74, 6) is 0.690. The van der Waals surface area contributed by atoms with E-state index < -0.39 is 0 Å². The molecule has 0 aliphatic heterocycles. The molecule has 0 radical (unpaired) electrons. The van der Waals surface area contributed by atoms with Gasteiger partial charge in [-0.15, -0.1) is 11.3 Å². The van der Waals surface area contributed by atoms with Crippen molar-refractivity contribution in [2.75, 3.05) is 0 Å². The molecule has 0 bridgehead atoms. The van der Waals surface area contributed by atoms with E-state index in [2.05, 4.69) is 174 Å². The van der Waals surface area contributed by atoms with E-state index in [0.717, 1.165) is 60.8 Å². The van der Waals surface area contributed by atoms with Gasteiger partial charge in [0.1, 0.15) is 5.01 Å². The lowest BCUT2D eigenvalue weighted by Gasteiger charge is -2.12. The number of hydrogen-bond donors (Lipinski definition) is 0. The smallest absolute Gasteiger partial charge is 0.160 e. The van der Waals surface area contributed by atoms with Gasteiger partial charge in [-0.3, -0.25) is 0 Å². The van der Waals surface area contributed by atoms with Gasteiger partial charge in [-0.05, 0) is 58.6 Å². The maximum absolute atomic E-state index is 5.29. The second kappa shape index (κ2) is 12.3. The minimum atomic E-state index is 0.690. The van der Waals surface area contributed by atoms with Crippen molar-refractivity contribution >= 4 is 64.9 Å². The molecule has 0 atom stereocenters. The molecule has 8 aromatic carbocycles. The highest BCUT2D eigenvalue weighted by atomic mass is 32.1. The van der Waals surface area contributed by atoms with E-state index in [-0.39, 0.29) is 0 Å². The topological polar surface area (TPSA) is 43.6 Å². The molecule has 0 amide bonds. The van der Waals surface area contributed by atoms with Crippen LogP contribution in [0.25, 0.3) is 104 Å². The van der Waals surface area contributed by atoms with Gasteiger partial charge in [0.2, 0.25) is 0 Å². The molecule has 0 aliphatic rings. The number of fused-ring (bicyclic) bond motifs is 8. The highest BCUT2D eigenvalue weighted by Crippen LogP contribution is 2.39. The summed E-state index contributed by atoms with van der Waals surface area (Å²) in [4.78, 5) is 15.7. The van der Waals surface area contributed by atoms with E-state index in [9.17, 15) is 0 Å². The molecule has 0 aliphatic carbocycles. The molecule has 5 heteroatoms. The van der Waals surface area contributed by atoms with Crippen LogP contribution >= 0.6 is 11.3 Å². The van der Waals surface area contributed by atoms with E-state index >= 15 is 0 Å². The Hall–Kier alpha value is -6.95. The Morgan fingerprint density at radius 3 is 1.85 bits per heavy atom. The first-order valence-corrected chi connectivity index (χ1v) is 18.9. The molecule has 4 nitrogen and oxygen atoms in total. The molecule has 0 spiro atoms. The van der Waals surface area contributed by atoms with Crippen LogP contribution in [-0.4, -0.2) is 19.5 Å². The Morgan fingerprint density at radius 2 is 1.04 bits per heavy atom. The van der Waals surface area contributed by atoms with Crippen LogP contribution in [0.2, 0.25) is 0 Å². The van der Waals surface area contributed by atoms with Gasteiger partial charge in [0, 0.05) is 44.1 Å². The zero-order chi connectivity index (χ0) is 35.6. The van der Waals surface area contributed by atoms with Gasteiger partial charge in [-0.1, -0.05) is 140 Å². The molecule has 0 fully saturated rings. The van der Waals surface area contributed by atoms with Crippen LogP contribution in [0.1, 0.15) is 0 Å². The summed E-state index contributed by atoms with van der Waals surface area (Å²) < 4.78 is 3.54. The summed E-state index contributed by atoms with van der Waals surface area (Å²) in [6.45, 7) is 0. The first-order chi connectivity index (χ1) is 26.7. The highest BCUT2D eigenvalue weighted by Gasteiger charge is 2.17. The fraction of sp³-hybridized carbons (Fsp3) is 0. The average Bonchev–Trinajstić information content (AvgIpc) is 3.84. The SMILES string of the molecule is c1ccc(-c2cc(-c3ccc4c5ccccc5n(-c5ccccc5)c4c3)nc(-c3ccc4c(ccc5ccc6sc(-c7ccccc7)nc6c54)c3)n2)cc1. The van der Waals surface area contributed by atoms with Crippen LogP contribution in [0.3, 0.4) is 0 Å². The first-order valence-electron chi connectivity index (χ1n) is 18.1. The van der Waals surface area contributed by atoms with Crippen molar-refractivity contribution in [1.82, 2.24) is 19.5 Å². The van der Waals surface area contributed by atoms with E-state index in [1.807, 2.05) is 12.1 Å².